The molecule has 0 saturated carbocycles. The van der Waals surface area contributed by atoms with Crippen LogP contribution in [0.15, 0.2) is 0 Å². The van der Waals surface area contributed by atoms with Gasteiger partial charge in [0, 0.05) is 19.2 Å². The van der Waals surface area contributed by atoms with Crippen molar-refractivity contribution in [3.8, 4) is 0 Å². The highest BCUT2D eigenvalue weighted by atomic mass is 16.5. The Morgan fingerprint density at radius 1 is 1.54 bits per heavy atom. The third-order valence-corrected chi connectivity index (χ3v) is 1.83. The zero-order valence-electron chi connectivity index (χ0n) is 8.54. The van der Waals surface area contributed by atoms with Crippen LogP contribution in [0.1, 0.15) is 20.3 Å². The minimum Gasteiger partial charge on any atom is -0.469 e. The average Bonchev–Trinajstić information content (AvgIpc) is 2.13. The largest absolute Gasteiger partial charge is 0.469 e. The molecule has 2 unspecified atom stereocenters. The number of nitrogens with one attached hydrogen (secondary N) is 1. The second-order valence-electron chi connectivity index (χ2n) is 3.38. The van der Waals surface area contributed by atoms with Gasteiger partial charge in [-0.05, 0) is 12.8 Å². The fourth-order valence-corrected chi connectivity index (χ4v) is 0.872. The fourth-order valence-electron chi connectivity index (χ4n) is 0.872. The second-order valence-corrected chi connectivity index (χ2v) is 3.38. The third-order valence-electron chi connectivity index (χ3n) is 1.83. The van der Waals surface area contributed by atoms with Gasteiger partial charge in [-0.15, -0.1) is 0 Å². The van der Waals surface area contributed by atoms with E-state index < -0.39 is 0 Å². The maximum Gasteiger partial charge on any atom is 0.307 e. The van der Waals surface area contributed by atoms with E-state index in [1.165, 1.54) is 7.11 Å². The van der Waals surface area contributed by atoms with Crippen LogP contribution in [0.5, 0.6) is 0 Å². The predicted molar refractivity (Wildman–Crippen MR) is 50.3 cm³/mol. The number of ether oxygens (including phenoxy) is 1. The van der Waals surface area contributed by atoms with Gasteiger partial charge in [0.2, 0.25) is 0 Å². The van der Waals surface area contributed by atoms with E-state index in [-0.39, 0.29) is 24.5 Å². The van der Waals surface area contributed by atoms with Gasteiger partial charge in [0.1, 0.15) is 0 Å². The molecule has 0 bridgehead atoms. The van der Waals surface area contributed by atoms with Gasteiger partial charge in [-0.25, -0.2) is 0 Å². The molecule has 0 heterocycles. The Morgan fingerprint density at radius 3 is 2.62 bits per heavy atom. The van der Waals surface area contributed by atoms with Crippen LogP contribution in [0.25, 0.3) is 0 Å². The molecule has 2 atom stereocenters. The van der Waals surface area contributed by atoms with Crippen molar-refractivity contribution in [2.75, 3.05) is 20.3 Å². The Morgan fingerprint density at radius 2 is 2.15 bits per heavy atom. The summed E-state index contributed by atoms with van der Waals surface area (Å²) >= 11 is 0. The molecule has 0 aliphatic heterocycles. The molecule has 0 fully saturated rings. The zero-order chi connectivity index (χ0) is 10.3. The summed E-state index contributed by atoms with van der Waals surface area (Å²) in [5, 5.41) is 11.9. The number of esters is 1. The van der Waals surface area contributed by atoms with E-state index in [4.69, 9.17) is 5.11 Å². The van der Waals surface area contributed by atoms with E-state index in [1.54, 1.807) is 0 Å². The van der Waals surface area contributed by atoms with Gasteiger partial charge in [0.05, 0.1) is 13.5 Å². The summed E-state index contributed by atoms with van der Waals surface area (Å²) in [4.78, 5) is 10.8. The molecule has 0 aliphatic carbocycles. The first kappa shape index (κ1) is 12.4. The van der Waals surface area contributed by atoms with Crippen molar-refractivity contribution in [1.82, 2.24) is 5.32 Å². The minimum atomic E-state index is -0.211. The Bertz CT molecular complexity index is 150. The van der Waals surface area contributed by atoms with Gasteiger partial charge in [0.25, 0.3) is 0 Å². The van der Waals surface area contributed by atoms with Crippen LogP contribution < -0.4 is 5.32 Å². The molecular weight excluding hydrogens is 170 g/mol. The van der Waals surface area contributed by atoms with E-state index in [2.05, 4.69) is 10.1 Å². The summed E-state index contributed by atoms with van der Waals surface area (Å²) in [5.41, 5.74) is 0. The Hall–Kier alpha value is -0.610. The highest BCUT2D eigenvalue weighted by molar-refractivity contribution is 5.69. The smallest absolute Gasteiger partial charge is 0.307 e. The van der Waals surface area contributed by atoms with Crippen LogP contribution in [0.2, 0.25) is 0 Å². The number of rotatable bonds is 6. The molecule has 0 rings (SSSR count). The summed E-state index contributed by atoms with van der Waals surface area (Å²) in [7, 11) is 1.38. The van der Waals surface area contributed by atoms with E-state index in [0.717, 1.165) is 0 Å². The molecule has 0 aromatic heterocycles. The first-order valence-corrected chi connectivity index (χ1v) is 4.51. The second kappa shape index (κ2) is 6.86. The van der Waals surface area contributed by atoms with E-state index in [1.807, 2.05) is 13.8 Å². The van der Waals surface area contributed by atoms with Gasteiger partial charge >= 0.3 is 5.97 Å². The maximum atomic E-state index is 10.8. The van der Waals surface area contributed by atoms with Crippen molar-refractivity contribution in [2.45, 2.75) is 26.3 Å². The molecule has 13 heavy (non-hydrogen) atoms. The lowest BCUT2D eigenvalue weighted by Gasteiger charge is -2.15. The summed E-state index contributed by atoms with van der Waals surface area (Å²) < 4.78 is 4.53. The summed E-state index contributed by atoms with van der Waals surface area (Å²) in [6.07, 6.45) is 0.370. The van der Waals surface area contributed by atoms with Gasteiger partial charge in [0.15, 0.2) is 0 Å². The number of carbonyl (C=O) groups excluding carboxylic acids is 1. The predicted octanol–water partition coefficient (Wildman–Crippen LogP) is 0.156. The molecule has 4 nitrogen and oxygen atoms in total. The number of aliphatic hydroxyl groups excluding tert-OH is 1. The first-order valence-electron chi connectivity index (χ1n) is 4.51. The molecular formula is C9H19NO3. The molecule has 0 radical (unpaired) electrons. The SMILES string of the molecule is COC(=O)CC(C)NCC(C)CO. The summed E-state index contributed by atoms with van der Waals surface area (Å²) in [5.74, 6) is 0.0109. The number of methoxy groups -OCH3 is 1. The van der Waals surface area contributed by atoms with Gasteiger partial charge < -0.3 is 15.2 Å². The molecule has 0 saturated heterocycles. The van der Waals surface area contributed by atoms with Crippen LogP contribution in [0.3, 0.4) is 0 Å². The maximum absolute atomic E-state index is 10.8. The minimum absolute atomic E-state index is 0.0986. The van der Waals surface area contributed by atoms with Crippen molar-refractivity contribution >= 4 is 5.97 Å². The van der Waals surface area contributed by atoms with Crippen molar-refractivity contribution in [2.24, 2.45) is 5.92 Å². The van der Waals surface area contributed by atoms with E-state index >= 15 is 0 Å². The molecule has 78 valence electrons. The Labute approximate surface area is 79.3 Å². The van der Waals surface area contributed by atoms with Crippen LogP contribution in [0.4, 0.5) is 0 Å². The van der Waals surface area contributed by atoms with Crippen molar-refractivity contribution in [3.63, 3.8) is 0 Å². The van der Waals surface area contributed by atoms with Crippen LogP contribution in [-0.4, -0.2) is 37.4 Å². The third kappa shape index (κ3) is 6.54. The Kier molecular flexibility index (Phi) is 6.54. The molecule has 0 aromatic carbocycles. The van der Waals surface area contributed by atoms with Crippen LogP contribution in [-0.2, 0) is 9.53 Å². The number of carbonyl (C=O) groups is 1. The summed E-state index contributed by atoms with van der Waals surface area (Å²) in [6.45, 7) is 4.74. The van der Waals surface area contributed by atoms with Gasteiger partial charge in [-0.2, -0.15) is 0 Å². The highest BCUT2D eigenvalue weighted by Gasteiger charge is 2.09. The topological polar surface area (TPSA) is 58.6 Å². The lowest BCUT2D eigenvalue weighted by atomic mass is 10.1. The number of aliphatic hydroxyl groups is 1. The fraction of sp³-hybridized carbons (Fsp3) is 0.889. The van der Waals surface area contributed by atoms with Crippen molar-refractivity contribution < 1.29 is 14.6 Å². The van der Waals surface area contributed by atoms with Crippen LogP contribution in [0, 0.1) is 5.92 Å². The molecule has 0 spiro atoms. The quantitative estimate of drug-likeness (QED) is 0.584. The number of hydrogen-bond acceptors (Lipinski definition) is 4. The number of hydrogen-bond donors (Lipinski definition) is 2. The molecule has 0 aliphatic rings. The first-order chi connectivity index (χ1) is 6.10. The molecule has 0 aromatic rings. The molecule has 4 heteroatoms. The van der Waals surface area contributed by atoms with E-state index in [9.17, 15) is 4.79 Å². The normalized spacial score (nSPS) is 15.1. The lowest BCUT2D eigenvalue weighted by Crippen LogP contribution is -2.33. The monoisotopic (exact) mass is 189 g/mol. The molecule has 0 amide bonds. The van der Waals surface area contributed by atoms with Crippen LogP contribution >= 0.6 is 0 Å². The lowest BCUT2D eigenvalue weighted by molar-refractivity contribution is -0.141. The standard InChI is InChI=1S/C9H19NO3/c1-7(6-11)5-10-8(2)4-9(12)13-3/h7-8,10-11H,4-6H2,1-3H3. The van der Waals surface area contributed by atoms with Gasteiger partial charge in [-0.3, -0.25) is 4.79 Å². The Balaban J connectivity index is 3.50. The zero-order valence-corrected chi connectivity index (χ0v) is 8.54. The molecule has 2 N–H and O–H groups in total. The summed E-state index contributed by atoms with van der Waals surface area (Å²) in [6, 6.07) is 0.0986. The van der Waals surface area contributed by atoms with Crippen molar-refractivity contribution in [3.05, 3.63) is 0 Å². The average molecular weight is 189 g/mol. The van der Waals surface area contributed by atoms with E-state index in [0.29, 0.717) is 13.0 Å². The van der Waals surface area contributed by atoms with Gasteiger partial charge in [-0.1, -0.05) is 6.92 Å². The van der Waals surface area contributed by atoms with Crippen molar-refractivity contribution in [1.29, 1.82) is 0 Å². The highest BCUT2D eigenvalue weighted by Crippen LogP contribution is 1.95.